The van der Waals surface area contributed by atoms with Crippen molar-refractivity contribution < 1.29 is 9.59 Å². The maximum Gasteiger partial charge on any atom is 0.321 e. The lowest BCUT2D eigenvalue weighted by atomic mass is 10.1. The van der Waals surface area contributed by atoms with Crippen molar-refractivity contribution in [3.63, 3.8) is 0 Å². The van der Waals surface area contributed by atoms with Crippen LogP contribution < -0.4 is 16.0 Å². The molecule has 0 aromatic heterocycles. The van der Waals surface area contributed by atoms with E-state index in [-0.39, 0.29) is 18.0 Å². The number of rotatable bonds is 6. The predicted octanol–water partition coefficient (Wildman–Crippen LogP) is 0.152. The van der Waals surface area contributed by atoms with Gasteiger partial charge in [-0.15, -0.1) is 0 Å². The van der Waals surface area contributed by atoms with Crippen molar-refractivity contribution >= 4 is 11.9 Å². The zero-order valence-corrected chi connectivity index (χ0v) is 12.1. The molecule has 18 heavy (non-hydrogen) atoms. The number of nitrogens with zero attached hydrogens (tertiary/aromatic N) is 1. The van der Waals surface area contributed by atoms with E-state index in [2.05, 4.69) is 16.0 Å². The van der Waals surface area contributed by atoms with E-state index in [1.165, 1.54) is 0 Å². The Hall–Kier alpha value is -1.14. The fraction of sp³-hybridized carbons (Fsp3) is 0.833. The van der Waals surface area contributed by atoms with Crippen LogP contribution in [0, 0.1) is 0 Å². The summed E-state index contributed by atoms with van der Waals surface area (Å²) in [6.07, 6.45) is 0.967. The number of hydrogen-bond donors (Lipinski definition) is 3. The van der Waals surface area contributed by atoms with Gasteiger partial charge in [-0.3, -0.25) is 15.0 Å². The summed E-state index contributed by atoms with van der Waals surface area (Å²) in [7, 11) is 3.75. The van der Waals surface area contributed by atoms with Gasteiger partial charge >= 0.3 is 6.03 Å². The van der Waals surface area contributed by atoms with Gasteiger partial charge in [-0.05, 0) is 54.4 Å². The number of urea groups is 1. The van der Waals surface area contributed by atoms with Crippen LogP contribution in [0.5, 0.6) is 0 Å². The summed E-state index contributed by atoms with van der Waals surface area (Å²) in [5.74, 6) is -0.288. The molecular formula is C12H26N4O2. The summed E-state index contributed by atoms with van der Waals surface area (Å²) in [6.45, 7) is 7.54. The Morgan fingerprint density at radius 2 is 1.83 bits per heavy atom. The number of carbonyl (C=O) groups excluding carboxylic acids is 2. The van der Waals surface area contributed by atoms with Gasteiger partial charge in [0.05, 0.1) is 6.54 Å². The molecule has 0 aliphatic carbocycles. The summed E-state index contributed by atoms with van der Waals surface area (Å²) < 4.78 is 0. The van der Waals surface area contributed by atoms with Crippen molar-refractivity contribution in [3.05, 3.63) is 0 Å². The Morgan fingerprint density at radius 1 is 1.22 bits per heavy atom. The van der Waals surface area contributed by atoms with Gasteiger partial charge in [0.1, 0.15) is 0 Å². The maximum atomic E-state index is 11.6. The first-order chi connectivity index (χ1) is 8.24. The Balaban J connectivity index is 3.86. The molecule has 0 aliphatic heterocycles. The summed E-state index contributed by atoms with van der Waals surface area (Å²) in [4.78, 5) is 24.9. The first-order valence-corrected chi connectivity index (χ1v) is 6.20. The minimum atomic E-state index is -0.448. The van der Waals surface area contributed by atoms with Crippen LogP contribution in [0.4, 0.5) is 4.79 Å². The van der Waals surface area contributed by atoms with Gasteiger partial charge in [-0.25, -0.2) is 4.79 Å². The number of carbonyl (C=O) groups is 2. The second-order valence-corrected chi connectivity index (χ2v) is 5.45. The minimum Gasteiger partial charge on any atom is -0.333 e. The van der Waals surface area contributed by atoms with Gasteiger partial charge in [0.2, 0.25) is 5.91 Å². The number of amides is 3. The number of hydrogen-bond acceptors (Lipinski definition) is 4. The highest BCUT2D eigenvalue weighted by atomic mass is 16.2. The van der Waals surface area contributed by atoms with E-state index in [0.29, 0.717) is 0 Å². The van der Waals surface area contributed by atoms with Crippen LogP contribution >= 0.6 is 0 Å². The molecule has 0 rings (SSSR count). The van der Waals surface area contributed by atoms with E-state index in [1.807, 2.05) is 39.8 Å². The highest BCUT2D eigenvalue weighted by Gasteiger charge is 2.16. The molecule has 106 valence electrons. The van der Waals surface area contributed by atoms with Crippen LogP contribution in [0.3, 0.4) is 0 Å². The molecule has 3 N–H and O–H groups in total. The fourth-order valence-corrected chi connectivity index (χ4v) is 1.39. The first kappa shape index (κ1) is 16.9. The molecular weight excluding hydrogens is 232 g/mol. The van der Waals surface area contributed by atoms with Crippen molar-refractivity contribution in [1.29, 1.82) is 0 Å². The molecule has 0 atom stereocenters. The third kappa shape index (κ3) is 10.0. The zero-order valence-electron chi connectivity index (χ0n) is 12.1. The molecule has 0 aromatic carbocycles. The standard InChI is InChI=1S/C12H26N4O2/c1-12(2,3)15-11(18)14-10(17)9-16(5)8-6-7-13-4/h13H,6-9H2,1-5H3,(H2,14,15,17,18). The van der Waals surface area contributed by atoms with E-state index < -0.39 is 6.03 Å². The molecule has 6 nitrogen and oxygen atoms in total. The monoisotopic (exact) mass is 258 g/mol. The molecule has 0 spiro atoms. The molecule has 0 unspecified atom stereocenters. The molecule has 0 bridgehead atoms. The van der Waals surface area contributed by atoms with E-state index in [0.717, 1.165) is 19.5 Å². The van der Waals surface area contributed by atoms with Crippen molar-refractivity contribution in [3.8, 4) is 0 Å². The van der Waals surface area contributed by atoms with E-state index in [1.54, 1.807) is 0 Å². The van der Waals surface area contributed by atoms with E-state index in [9.17, 15) is 9.59 Å². The Labute approximate surface area is 109 Å². The first-order valence-electron chi connectivity index (χ1n) is 6.20. The molecule has 0 aromatic rings. The topological polar surface area (TPSA) is 73.5 Å². The Kier molecular flexibility index (Phi) is 7.54. The quantitative estimate of drug-likeness (QED) is 0.593. The zero-order chi connectivity index (χ0) is 14.2. The second kappa shape index (κ2) is 8.05. The van der Waals surface area contributed by atoms with Gasteiger partial charge in [0.25, 0.3) is 0 Å². The van der Waals surface area contributed by atoms with Gasteiger partial charge in [-0.2, -0.15) is 0 Å². The molecule has 0 saturated heterocycles. The number of nitrogens with one attached hydrogen (secondary N) is 3. The van der Waals surface area contributed by atoms with Gasteiger partial charge < -0.3 is 10.6 Å². The molecule has 0 fully saturated rings. The molecule has 0 saturated carbocycles. The normalized spacial score (nSPS) is 11.4. The van der Waals surface area contributed by atoms with Crippen LogP contribution in [0.15, 0.2) is 0 Å². The van der Waals surface area contributed by atoms with Crippen LogP contribution in [-0.4, -0.2) is 56.1 Å². The van der Waals surface area contributed by atoms with Crippen LogP contribution in [-0.2, 0) is 4.79 Å². The lowest BCUT2D eigenvalue weighted by Crippen LogP contribution is -2.50. The van der Waals surface area contributed by atoms with Gasteiger partial charge in [0, 0.05) is 5.54 Å². The summed E-state index contributed by atoms with van der Waals surface area (Å²) in [5.41, 5.74) is -0.344. The van der Waals surface area contributed by atoms with E-state index in [4.69, 9.17) is 0 Å². The number of likely N-dealkylation sites (N-methyl/N-ethyl adjacent to an activating group) is 1. The SMILES string of the molecule is CNCCCN(C)CC(=O)NC(=O)NC(C)(C)C. The highest BCUT2D eigenvalue weighted by Crippen LogP contribution is 1.97. The molecule has 3 amide bonds. The van der Waals surface area contributed by atoms with Crippen molar-refractivity contribution in [2.24, 2.45) is 0 Å². The molecule has 0 radical (unpaired) electrons. The maximum absolute atomic E-state index is 11.6. The smallest absolute Gasteiger partial charge is 0.321 e. The molecule has 6 heteroatoms. The van der Waals surface area contributed by atoms with Crippen molar-refractivity contribution in [2.45, 2.75) is 32.7 Å². The minimum absolute atomic E-state index is 0.223. The lowest BCUT2D eigenvalue weighted by molar-refractivity contribution is -0.120. The Bertz CT molecular complexity index is 274. The van der Waals surface area contributed by atoms with E-state index >= 15 is 0 Å². The third-order valence-corrected chi connectivity index (χ3v) is 2.12. The van der Waals surface area contributed by atoms with Crippen LogP contribution in [0.1, 0.15) is 27.2 Å². The van der Waals surface area contributed by atoms with Crippen LogP contribution in [0.2, 0.25) is 0 Å². The van der Waals surface area contributed by atoms with Crippen molar-refractivity contribution in [1.82, 2.24) is 20.9 Å². The highest BCUT2D eigenvalue weighted by molar-refractivity contribution is 5.95. The molecule has 0 heterocycles. The number of imide groups is 1. The van der Waals surface area contributed by atoms with Gasteiger partial charge in [0.15, 0.2) is 0 Å². The average molecular weight is 258 g/mol. The fourth-order valence-electron chi connectivity index (χ4n) is 1.39. The Morgan fingerprint density at radius 3 is 2.33 bits per heavy atom. The second-order valence-electron chi connectivity index (χ2n) is 5.45. The third-order valence-electron chi connectivity index (χ3n) is 2.12. The summed E-state index contributed by atoms with van der Waals surface area (Å²) in [6, 6.07) is -0.448. The average Bonchev–Trinajstić information content (AvgIpc) is 2.13. The predicted molar refractivity (Wildman–Crippen MR) is 72.5 cm³/mol. The van der Waals surface area contributed by atoms with Crippen LogP contribution in [0.25, 0.3) is 0 Å². The van der Waals surface area contributed by atoms with Crippen molar-refractivity contribution in [2.75, 3.05) is 33.7 Å². The largest absolute Gasteiger partial charge is 0.333 e. The summed E-state index contributed by atoms with van der Waals surface area (Å²) in [5, 5.41) is 8.03. The van der Waals surface area contributed by atoms with Gasteiger partial charge in [-0.1, -0.05) is 0 Å². The summed E-state index contributed by atoms with van der Waals surface area (Å²) >= 11 is 0. The molecule has 0 aliphatic rings. The lowest BCUT2D eigenvalue weighted by Gasteiger charge is -2.21.